The normalized spacial score (nSPS) is 15.8. The van der Waals surface area contributed by atoms with E-state index in [4.69, 9.17) is 9.84 Å². The van der Waals surface area contributed by atoms with E-state index in [1.807, 2.05) is 0 Å². The second-order valence-electron chi connectivity index (χ2n) is 2.58. The molecule has 0 amide bonds. The maximum absolute atomic E-state index is 11.2. The van der Waals surface area contributed by atoms with Crippen LogP contribution in [0.15, 0.2) is 12.1 Å². The molecule has 4 heteroatoms. The monoisotopic (exact) mass is 165 g/mol. The molecule has 1 N–H and O–H groups in total. The molecule has 0 fully saturated rings. The smallest absolute Gasteiger partial charge is 0.211 e. The van der Waals surface area contributed by atoms with Crippen LogP contribution in [0, 0.1) is 0 Å². The second kappa shape index (κ2) is 2.57. The third-order valence-corrected chi connectivity index (χ3v) is 1.73. The molecular formula is C8H7NO3. The molecular weight excluding hydrogens is 158 g/mol. The number of hydrogen-bond donors (Lipinski definition) is 1. The van der Waals surface area contributed by atoms with Crippen molar-refractivity contribution in [2.24, 2.45) is 0 Å². The molecule has 0 aromatic carbocycles. The van der Waals surface area contributed by atoms with Crippen LogP contribution in [-0.2, 0) is 11.3 Å². The maximum Gasteiger partial charge on any atom is 0.211 e. The fourth-order valence-corrected chi connectivity index (χ4v) is 1.17. The fourth-order valence-electron chi connectivity index (χ4n) is 1.17. The number of carbonyl (C=O) groups excluding carboxylic acids is 1. The van der Waals surface area contributed by atoms with Gasteiger partial charge in [-0.15, -0.1) is 0 Å². The molecule has 62 valence electrons. The third-order valence-electron chi connectivity index (χ3n) is 1.73. The van der Waals surface area contributed by atoms with Crippen LogP contribution < -0.4 is 0 Å². The summed E-state index contributed by atoms with van der Waals surface area (Å²) >= 11 is 0. The summed E-state index contributed by atoms with van der Waals surface area (Å²) < 4.78 is 4.94. The minimum atomic E-state index is -0.0799. The molecule has 2 rings (SSSR count). The van der Waals surface area contributed by atoms with Crippen LogP contribution in [0.3, 0.4) is 0 Å². The van der Waals surface area contributed by atoms with Crippen molar-refractivity contribution in [3.63, 3.8) is 0 Å². The molecule has 0 saturated heterocycles. The van der Waals surface area contributed by atoms with Crippen molar-refractivity contribution in [1.82, 2.24) is 4.98 Å². The minimum absolute atomic E-state index is 0.0768. The molecule has 4 nitrogen and oxygen atoms in total. The van der Waals surface area contributed by atoms with Crippen molar-refractivity contribution in [1.29, 1.82) is 0 Å². The van der Waals surface area contributed by atoms with Gasteiger partial charge in [0.2, 0.25) is 5.88 Å². The van der Waals surface area contributed by atoms with Gasteiger partial charge in [0.25, 0.3) is 0 Å². The number of rotatable bonds is 0. The number of ether oxygens (including phenoxy) is 1. The van der Waals surface area contributed by atoms with Crippen LogP contribution in [0.5, 0.6) is 5.88 Å². The number of aromatic nitrogens is 1. The number of fused-ring (bicyclic) bond motifs is 1. The van der Waals surface area contributed by atoms with Crippen molar-refractivity contribution in [3.8, 4) is 5.88 Å². The van der Waals surface area contributed by atoms with E-state index in [2.05, 4.69) is 4.98 Å². The first-order chi connectivity index (χ1) is 5.77. The average Bonchev–Trinajstić information content (AvgIpc) is 2.04. The summed E-state index contributed by atoms with van der Waals surface area (Å²) in [6.07, 6.45) is 0. The Bertz CT molecular complexity index is 335. The van der Waals surface area contributed by atoms with E-state index in [1.54, 1.807) is 6.07 Å². The standard InChI is InChI=1S/C8H7NO3/c10-7-4-12-3-6-5(7)1-2-8(11)9-6/h1-2H,3-4H2,(H,9,11). The zero-order valence-electron chi connectivity index (χ0n) is 6.28. The van der Waals surface area contributed by atoms with Crippen LogP contribution in [0.1, 0.15) is 16.1 Å². The van der Waals surface area contributed by atoms with Gasteiger partial charge in [-0.05, 0) is 6.07 Å². The van der Waals surface area contributed by atoms with Gasteiger partial charge in [-0.3, -0.25) is 4.79 Å². The molecule has 1 aromatic heterocycles. The Kier molecular flexibility index (Phi) is 1.55. The van der Waals surface area contributed by atoms with E-state index >= 15 is 0 Å². The third kappa shape index (κ3) is 1.06. The summed E-state index contributed by atoms with van der Waals surface area (Å²) in [7, 11) is 0. The first kappa shape index (κ1) is 7.24. The molecule has 0 saturated carbocycles. The van der Waals surface area contributed by atoms with E-state index in [9.17, 15) is 4.79 Å². The van der Waals surface area contributed by atoms with Gasteiger partial charge >= 0.3 is 0 Å². The highest BCUT2D eigenvalue weighted by Crippen LogP contribution is 2.17. The molecule has 0 unspecified atom stereocenters. The van der Waals surface area contributed by atoms with Gasteiger partial charge in [-0.25, -0.2) is 4.98 Å². The van der Waals surface area contributed by atoms with E-state index in [0.717, 1.165) is 0 Å². The topological polar surface area (TPSA) is 59.4 Å². The summed E-state index contributed by atoms with van der Waals surface area (Å²) in [5.74, 6) is -0.157. The Labute approximate surface area is 68.8 Å². The van der Waals surface area contributed by atoms with Crippen LogP contribution in [-0.4, -0.2) is 22.5 Å². The van der Waals surface area contributed by atoms with Gasteiger partial charge in [0.15, 0.2) is 5.78 Å². The first-order valence-electron chi connectivity index (χ1n) is 3.57. The fraction of sp³-hybridized carbons (Fsp3) is 0.250. The number of pyridine rings is 1. The summed E-state index contributed by atoms with van der Waals surface area (Å²) in [5, 5.41) is 9.00. The summed E-state index contributed by atoms with van der Waals surface area (Å²) in [5.41, 5.74) is 1.07. The SMILES string of the molecule is O=C1COCc2nc(O)ccc21. The predicted octanol–water partition coefficient (Wildman–Crippen LogP) is 0.500. The van der Waals surface area contributed by atoms with Gasteiger partial charge in [-0.2, -0.15) is 0 Å². The highest BCUT2D eigenvalue weighted by Gasteiger charge is 2.18. The lowest BCUT2D eigenvalue weighted by Gasteiger charge is -2.13. The Morgan fingerprint density at radius 2 is 2.25 bits per heavy atom. The lowest BCUT2D eigenvalue weighted by Crippen LogP contribution is -2.18. The number of carbonyl (C=O) groups is 1. The average molecular weight is 165 g/mol. The Morgan fingerprint density at radius 1 is 1.42 bits per heavy atom. The van der Waals surface area contributed by atoms with Crippen molar-refractivity contribution in [2.45, 2.75) is 6.61 Å². The minimum Gasteiger partial charge on any atom is -0.493 e. The van der Waals surface area contributed by atoms with Crippen molar-refractivity contribution in [2.75, 3.05) is 6.61 Å². The van der Waals surface area contributed by atoms with E-state index in [-0.39, 0.29) is 18.3 Å². The Morgan fingerprint density at radius 3 is 3.08 bits per heavy atom. The molecule has 0 aliphatic carbocycles. The molecule has 0 radical (unpaired) electrons. The van der Waals surface area contributed by atoms with Crippen LogP contribution in [0.2, 0.25) is 0 Å². The number of ketones is 1. The summed E-state index contributed by atoms with van der Waals surface area (Å²) in [6.45, 7) is 0.412. The predicted molar refractivity (Wildman–Crippen MR) is 39.9 cm³/mol. The van der Waals surface area contributed by atoms with Crippen LogP contribution in [0.4, 0.5) is 0 Å². The highest BCUT2D eigenvalue weighted by atomic mass is 16.5. The molecule has 0 spiro atoms. The summed E-state index contributed by atoms with van der Waals surface area (Å²) in [6, 6.07) is 2.98. The zero-order chi connectivity index (χ0) is 8.55. The number of hydrogen-bond acceptors (Lipinski definition) is 4. The molecule has 1 aromatic rings. The van der Waals surface area contributed by atoms with Gasteiger partial charge in [-0.1, -0.05) is 0 Å². The summed E-state index contributed by atoms with van der Waals surface area (Å²) in [4.78, 5) is 14.9. The van der Waals surface area contributed by atoms with Gasteiger partial charge in [0, 0.05) is 11.6 Å². The molecule has 12 heavy (non-hydrogen) atoms. The van der Waals surface area contributed by atoms with E-state index in [0.29, 0.717) is 17.9 Å². The lowest BCUT2D eigenvalue weighted by atomic mass is 10.1. The molecule has 0 bridgehead atoms. The van der Waals surface area contributed by atoms with Crippen LogP contribution >= 0.6 is 0 Å². The second-order valence-corrected chi connectivity index (χ2v) is 2.58. The Balaban J connectivity index is 2.53. The van der Waals surface area contributed by atoms with E-state index < -0.39 is 0 Å². The lowest BCUT2D eigenvalue weighted by molar-refractivity contribution is 0.0653. The number of Topliss-reactive ketones (excluding diaryl/α,β-unsaturated/α-hetero) is 1. The Hall–Kier alpha value is -1.42. The molecule has 2 heterocycles. The zero-order valence-corrected chi connectivity index (χ0v) is 6.28. The van der Waals surface area contributed by atoms with Crippen molar-refractivity contribution < 1.29 is 14.6 Å². The maximum atomic E-state index is 11.2. The molecule has 0 atom stereocenters. The van der Waals surface area contributed by atoms with Gasteiger partial charge in [0.1, 0.15) is 6.61 Å². The van der Waals surface area contributed by atoms with Crippen LogP contribution in [0.25, 0.3) is 0 Å². The van der Waals surface area contributed by atoms with Gasteiger partial charge in [0.05, 0.1) is 12.3 Å². The molecule has 1 aliphatic rings. The van der Waals surface area contributed by atoms with E-state index in [1.165, 1.54) is 6.07 Å². The highest BCUT2D eigenvalue weighted by molar-refractivity contribution is 5.98. The first-order valence-corrected chi connectivity index (χ1v) is 3.57. The largest absolute Gasteiger partial charge is 0.493 e. The number of aromatic hydroxyl groups is 1. The van der Waals surface area contributed by atoms with Crippen molar-refractivity contribution >= 4 is 5.78 Å². The quantitative estimate of drug-likeness (QED) is 0.608. The van der Waals surface area contributed by atoms with Crippen molar-refractivity contribution in [3.05, 3.63) is 23.4 Å². The number of nitrogens with zero attached hydrogens (tertiary/aromatic N) is 1. The van der Waals surface area contributed by atoms with Gasteiger partial charge < -0.3 is 9.84 Å². The molecule has 1 aliphatic heterocycles.